The highest BCUT2D eigenvalue weighted by molar-refractivity contribution is 9.10. The molecule has 1 aliphatic rings. The highest BCUT2D eigenvalue weighted by Gasteiger charge is 2.32. The van der Waals surface area contributed by atoms with Crippen LogP contribution in [-0.4, -0.2) is 43.1 Å². The molecule has 0 saturated carbocycles. The number of amides is 3. The second kappa shape index (κ2) is 7.96. The van der Waals surface area contributed by atoms with Gasteiger partial charge in [-0.05, 0) is 46.1 Å². The summed E-state index contributed by atoms with van der Waals surface area (Å²) < 4.78 is 10.4. The number of nitrogens with zero attached hydrogens (tertiary/aromatic N) is 1. The Morgan fingerprint density at radius 3 is 2.75 bits per heavy atom. The van der Waals surface area contributed by atoms with Gasteiger partial charge in [0.25, 0.3) is 5.91 Å². The monoisotopic (exact) mass is 396 g/mol. The summed E-state index contributed by atoms with van der Waals surface area (Å²) in [5, 5.41) is 2.56. The summed E-state index contributed by atoms with van der Waals surface area (Å²) in [6.07, 6.45) is 2.29. The first-order valence-corrected chi connectivity index (χ1v) is 8.09. The summed E-state index contributed by atoms with van der Waals surface area (Å²) in [7, 11) is 1.28. The van der Waals surface area contributed by atoms with Crippen molar-refractivity contribution in [3.63, 3.8) is 0 Å². The normalized spacial score (nSPS) is 15.6. The number of urea groups is 1. The molecule has 1 fully saturated rings. The molecule has 1 aliphatic heterocycles. The summed E-state index contributed by atoms with van der Waals surface area (Å²) in [5.41, 5.74) is 0.929. The maximum atomic E-state index is 12.2. The maximum Gasteiger partial charge on any atom is 0.343 e. The SMILES string of the molecule is CCCN1C(=O)N/C(=C/c2ccc(OCC(=O)OC)c(Br)c2)C1=O. The van der Waals surface area contributed by atoms with Gasteiger partial charge in [0, 0.05) is 6.54 Å². The second-order valence-electron chi connectivity index (χ2n) is 5.00. The molecule has 7 nitrogen and oxygen atoms in total. The van der Waals surface area contributed by atoms with Crippen molar-refractivity contribution in [3.8, 4) is 5.75 Å². The van der Waals surface area contributed by atoms with Crippen LogP contribution in [0, 0.1) is 0 Å². The molecule has 0 spiro atoms. The van der Waals surface area contributed by atoms with E-state index in [0.717, 1.165) is 0 Å². The van der Waals surface area contributed by atoms with Crippen molar-refractivity contribution in [2.45, 2.75) is 13.3 Å². The number of ether oxygens (including phenoxy) is 2. The molecule has 0 aliphatic carbocycles. The standard InChI is InChI=1S/C16H17BrN2O5/c1-3-6-19-15(21)12(18-16(19)22)8-10-4-5-13(11(17)7-10)24-9-14(20)23-2/h4-5,7-8H,3,6,9H2,1-2H3,(H,18,22)/b12-8+. The molecule has 1 aromatic rings. The number of benzene rings is 1. The van der Waals surface area contributed by atoms with E-state index in [1.54, 1.807) is 24.3 Å². The van der Waals surface area contributed by atoms with Gasteiger partial charge in [0.15, 0.2) is 6.61 Å². The van der Waals surface area contributed by atoms with E-state index < -0.39 is 12.0 Å². The number of carbonyl (C=O) groups excluding carboxylic acids is 3. The van der Waals surface area contributed by atoms with Crippen LogP contribution in [0.4, 0.5) is 4.79 Å². The molecule has 0 unspecified atom stereocenters. The van der Waals surface area contributed by atoms with E-state index in [1.807, 2.05) is 6.92 Å². The lowest BCUT2D eigenvalue weighted by atomic mass is 10.2. The Hall–Kier alpha value is -2.35. The van der Waals surface area contributed by atoms with E-state index in [0.29, 0.717) is 28.8 Å². The maximum absolute atomic E-state index is 12.2. The molecule has 128 valence electrons. The zero-order valence-corrected chi connectivity index (χ0v) is 14.9. The van der Waals surface area contributed by atoms with Gasteiger partial charge in [0.1, 0.15) is 11.4 Å². The van der Waals surface area contributed by atoms with E-state index >= 15 is 0 Å². The molecule has 2 rings (SSSR count). The van der Waals surface area contributed by atoms with E-state index in [-0.39, 0.29) is 18.2 Å². The number of esters is 1. The van der Waals surface area contributed by atoms with Gasteiger partial charge in [-0.25, -0.2) is 9.59 Å². The van der Waals surface area contributed by atoms with Crippen LogP contribution in [0.15, 0.2) is 28.4 Å². The van der Waals surface area contributed by atoms with Crippen molar-refractivity contribution in [2.75, 3.05) is 20.3 Å². The van der Waals surface area contributed by atoms with Crippen molar-refractivity contribution >= 4 is 39.9 Å². The number of rotatable bonds is 6. The van der Waals surface area contributed by atoms with Gasteiger partial charge in [-0.1, -0.05) is 13.0 Å². The lowest BCUT2D eigenvalue weighted by molar-refractivity contribution is -0.142. The van der Waals surface area contributed by atoms with E-state index in [9.17, 15) is 14.4 Å². The first-order valence-electron chi connectivity index (χ1n) is 7.30. The Morgan fingerprint density at radius 2 is 2.12 bits per heavy atom. The molecule has 3 amide bonds. The molecule has 8 heteroatoms. The van der Waals surface area contributed by atoms with Crippen molar-refractivity contribution < 1.29 is 23.9 Å². The fraction of sp³-hybridized carbons (Fsp3) is 0.312. The number of nitrogens with one attached hydrogen (secondary N) is 1. The van der Waals surface area contributed by atoms with Gasteiger partial charge in [0.2, 0.25) is 0 Å². The van der Waals surface area contributed by atoms with Crippen molar-refractivity contribution in [2.24, 2.45) is 0 Å². The third-order valence-electron chi connectivity index (χ3n) is 3.25. The second-order valence-corrected chi connectivity index (χ2v) is 5.85. The third kappa shape index (κ3) is 4.14. The van der Waals surface area contributed by atoms with Gasteiger partial charge >= 0.3 is 12.0 Å². The summed E-state index contributed by atoms with van der Waals surface area (Å²) in [6.45, 7) is 2.08. The Balaban J connectivity index is 2.13. The molecule has 0 bridgehead atoms. The molecule has 1 N–H and O–H groups in total. The molecule has 0 atom stereocenters. The lowest BCUT2D eigenvalue weighted by Gasteiger charge is -2.09. The number of carbonyl (C=O) groups is 3. The zero-order valence-electron chi connectivity index (χ0n) is 13.3. The molecule has 24 heavy (non-hydrogen) atoms. The highest BCUT2D eigenvalue weighted by atomic mass is 79.9. The summed E-state index contributed by atoms with van der Waals surface area (Å²) >= 11 is 3.34. The van der Waals surface area contributed by atoms with E-state index in [1.165, 1.54) is 12.0 Å². The van der Waals surface area contributed by atoms with Crippen molar-refractivity contribution in [1.29, 1.82) is 0 Å². The highest BCUT2D eigenvalue weighted by Crippen LogP contribution is 2.27. The van der Waals surface area contributed by atoms with Gasteiger partial charge in [0.05, 0.1) is 11.6 Å². The summed E-state index contributed by atoms with van der Waals surface area (Å²) in [6, 6.07) is 4.68. The molecule has 1 saturated heterocycles. The number of halogens is 1. The number of hydrogen-bond donors (Lipinski definition) is 1. The number of methoxy groups -OCH3 is 1. The smallest absolute Gasteiger partial charge is 0.343 e. The van der Waals surface area contributed by atoms with E-state index in [2.05, 4.69) is 26.0 Å². The molecule has 0 aromatic heterocycles. The minimum absolute atomic E-state index is 0.198. The zero-order chi connectivity index (χ0) is 17.7. The third-order valence-corrected chi connectivity index (χ3v) is 3.87. The Labute approximate surface area is 147 Å². The Bertz CT molecular complexity index is 702. The van der Waals surface area contributed by atoms with E-state index in [4.69, 9.17) is 4.74 Å². The van der Waals surface area contributed by atoms with Crippen LogP contribution in [0.5, 0.6) is 5.75 Å². The van der Waals surface area contributed by atoms with Crippen LogP contribution >= 0.6 is 15.9 Å². The van der Waals surface area contributed by atoms with Gasteiger partial charge in [-0.2, -0.15) is 0 Å². The van der Waals surface area contributed by atoms with Crippen LogP contribution in [0.3, 0.4) is 0 Å². The van der Waals surface area contributed by atoms with Gasteiger partial charge in [-0.15, -0.1) is 0 Å². The minimum atomic E-state index is -0.483. The summed E-state index contributed by atoms with van der Waals surface area (Å²) in [5.74, 6) is -0.357. The van der Waals surface area contributed by atoms with Crippen LogP contribution in [0.25, 0.3) is 6.08 Å². The van der Waals surface area contributed by atoms with Crippen LogP contribution in [-0.2, 0) is 14.3 Å². The van der Waals surface area contributed by atoms with Crippen molar-refractivity contribution in [3.05, 3.63) is 33.9 Å². The first kappa shape index (κ1) is 18.0. The number of hydrogen-bond acceptors (Lipinski definition) is 5. The largest absolute Gasteiger partial charge is 0.481 e. The predicted molar refractivity (Wildman–Crippen MR) is 90.2 cm³/mol. The average molecular weight is 397 g/mol. The lowest BCUT2D eigenvalue weighted by Crippen LogP contribution is -2.31. The number of imide groups is 1. The quantitative estimate of drug-likeness (QED) is 0.453. The topological polar surface area (TPSA) is 84.9 Å². The summed E-state index contributed by atoms with van der Waals surface area (Å²) in [4.78, 5) is 36.2. The average Bonchev–Trinajstić information content (AvgIpc) is 2.81. The van der Waals surface area contributed by atoms with Gasteiger partial charge < -0.3 is 14.8 Å². The molecular formula is C16H17BrN2O5. The van der Waals surface area contributed by atoms with Crippen LogP contribution in [0.1, 0.15) is 18.9 Å². The predicted octanol–water partition coefficient (Wildman–Crippen LogP) is 2.30. The molecule has 1 aromatic carbocycles. The minimum Gasteiger partial charge on any atom is -0.481 e. The molecule has 1 heterocycles. The van der Waals surface area contributed by atoms with Gasteiger partial charge in [-0.3, -0.25) is 9.69 Å². The van der Waals surface area contributed by atoms with Crippen LogP contribution < -0.4 is 10.1 Å². The fourth-order valence-electron chi connectivity index (χ4n) is 2.08. The molecule has 0 radical (unpaired) electrons. The Kier molecular flexibility index (Phi) is 5.97. The van der Waals surface area contributed by atoms with Crippen molar-refractivity contribution in [1.82, 2.24) is 10.2 Å². The molecular weight excluding hydrogens is 380 g/mol. The fourth-order valence-corrected chi connectivity index (χ4v) is 2.60. The van der Waals surface area contributed by atoms with Crippen LogP contribution in [0.2, 0.25) is 0 Å². The first-order chi connectivity index (χ1) is 11.5. The Morgan fingerprint density at radius 1 is 1.38 bits per heavy atom.